The van der Waals surface area contributed by atoms with E-state index in [0.29, 0.717) is 19.7 Å². The molecule has 0 bridgehead atoms. The molecule has 1 amide bonds. The van der Waals surface area contributed by atoms with Crippen LogP contribution >= 0.6 is 0 Å². The van der Waals surface area contributed by atoms with Crippen molar-refractivity contribution in [1.82, 2.24) is 14.4 Å². The Morgan fingerprint density at radius 2 is 2.04 bits per heavy atom. The maximum absolute atomic E-state index is 12.6. The normalized spacial score (nSPS) is 25.6. The summed E-state index contributed by atoms with van der Waals surface area (Å²) < 4.78 is 6.92. The highest BCUT2D eigenvalue weighted by molar-refractivity contribution is 5.76. The molecule has 24 heavy (non-hydrogen) atoms. The number of hydrogen-bond acceptors (Lipinski definition) is 5. The van der Waals surface area contributed by atoms with E-state index in [9.17, 15) is 14.7 Å². The van der Waals surface area contributed by atoms with Gasteiger partial charge in [-0.15, -0.1) is 0 Å². The number of carbonyl (C=O) groups is 1. The third-order valence-corrected chi connectivity index (χ3v) is 4.64. The van der Waals surface area contributed by atoms with E-state index in [0.717, 1.165) is 25.9 Å². The standard InChI is InChI=1S/C17H25N3O4/c21-15-5-1-2-8-19(15)11-16(22)20-9-10-24-14-17(23,13-20)12-18-6-3-4-7-18/h1-2,5,8,23H,3-4,6-7,9-14H2. The Balaban J connectivity index is 1.66. The molecule has 0 spiro atoms. The molecule has 1 N–H and O–H groups in total. The fourth-order valence-electron chi connectivity index (χ4n) is 3.42. The summed E-state index contributed by atoms with van der Waals surface area (Å²) in [6.45, 7) is 3.77. The van der Waals surface area contributed by atoms with Crippen LogP contribution in [0, 0.1) is 0 Å². The minimum Gasteiger partial charge on any atom is -0.384 e. The lowest BCUT2D eigenvalue weighted by molar-refractivity contribution is -0.135. The van der Waals surface area contributed by atoms with Crippen LogP contribution in [-0.4, -0.2) is 76.9 Å². The van der Waals surface area contributed by atoms with Gasteiger partial charge < -0.3 is 24.2 Å². The second-order valence-electron chi connectivity index (χ2n) is 6.74. The second kappa shape index (κ2) is 7.46. The number of pyridine rings is 1. The van der Waals surface area contributed by atoms with Crippen molar-refractivity contribution >= 4 is 5.91 Å². The van der Waals surface area contributed by atoms with Crippen molar-refractivity contribution in [2.75, 3.05) is 45.9 Å². The SMILES string of the molecule is O=C(Cn1ccccc1=O)N1CCOCC(O)(CN2CCCC2)C1. The Kier molecular flexibility index (Phi) is 5.33. The van der Waals surface area contributed by atoms with E-state index in [2.05, 4.69) is 4.90 Å². The summed E-state index contributed by atoms with van der Waals surface area (Å²) in [5.41, 5.74) is -1.26. The molecule has 3 rings (SSSR count). The average molecular weight is 335 g/mol. The highest BCUT2D eigenvalue weighted by Crippen LogP contribution is 2.18. The number of aromatic nitrogens is 1. The molecule has 2 fully saturated rings. The van der Waals surface area contributed by atoms with E-state index < -0.39 is 5.60 Å². The van der Waals surface area contributed by atoms with Crippen molar-refractivity contribution in [1.29, 1.82) is 0 Å². The minimum atomic E-state index is -1.06. The molecule has 1 aromatic heterocycles. The molecule has 2 saturated heterocycles. The molecule has 7 heteroatoms. The summed E-state index contributed by atoms with van der Waals surface area (Å²) >= 11 is 0. The van der Waals surface area contributed by atoms with E-state index in [1.54, 1.807) is 23.2 Å². The first-order valence-electron chi connectivity index (χ1n) is 8.51. The molecule has 0 aliphatic carbocycles. The molecule has 0 saturated carbocycles. The van der Waals surface area contributed by atoms with E-state index in [-0.39, 0.29) is 31.2 Å². The van der Waals surface area contributed by atoms with Gasteiger partial charge in [-0.2, -0.15) is 0 Å². The lowest BCUT2D eigenvalue weighted by Crippen LogP contribution is -2.53. The van der Waals surface area contributed by atoms with Crippen molar-refractivity contribution < 1.29 is 14.6 Å². The number of rotatable bonds is 4. The first kappa shape index (κ1) is 17.1. The Morgan fingerprint density at radius 3 is 2.79 bits per heavy atom. The maximum Gasteiger partial charge on any atom is 0.250 e. The lowest BCUT2D eigenvalue weighted by Gasteiger charge is -2.34. The number of aliphatic hydroxyl groups is 1. The van der Waals surface area contributed by atoms with Crippen LogP contribution in [0.25, 0.3) is 0 Å². The maximum atomic E-state index is 12.6. The molecule has 1 unspecified atom stereocenters. The van der Waals surface area contributed by atoms with Crippen LogP contribution in [0.15, 0.2) is 29.2 Å². The van der Waals surface area contributed by atoms with Gasteiger partial charge in [0.15, 0.2) is 0 Å². The smallest absolute Gasteiger partial charge is 0.250 e. The molecule has 3 heterocycles. The lowest BCUT2D eigenvalue weighted by atomic mass is 10.0. The van der Waals surface area contributed by atoms with Crippen LogP contribution in [0.4, 0.5) is 0 Å². The van der Waals surface area contributed by atoms with Crippen LogP contribution in [0.2, 0.25) is 0 Å². The highest BCUT2D eigenvalue weighted by Gasteiger charge is 2.36. The molecule has 1 atom stereocenters. The molecule has 7 nitrogen and oxygen atoms in total. The quantitative estimate of drug-likeness (QED) is 0.805. The summed E-state index contributed by atoms with van der Waals surface area (Å²) in [4.78, 5) is 28.2. The molecule has 2 aliphatic rings. The van der Waals surface area contributed by atoms with Crippen molar-refractivity contribution in [3.05, 3.63) is 34.7 Å². The molecule has 2 aliphatic heterocycles. The summed E-state index contributed by atoms with van der Waals surface area (Å²) in [6, 6.07) is 4.81. The van der Waals surface area contributed by atoms with Crippen molar-refractivity contribution in [3.8, 4) is 0 Å². The predicted molar refractivity (Wildman–Crippen MR) is 88.7 cm³/mol. The predicted octanol–water partition coefficient (Wildman–Crippen LogP) is -0.466. The monoisotopic (exact) mass is 335 g/mol. The zero-order chi connectivity index (χ0) is 17.0. The summed E-state index contributed by atoms with van der Waals surface area (Å²) in [7, 11) is 0. The van der Waals surface area contributed by atoms with Crippen molar-refractivity contribution in [2.45, 2.75) is 25.0 Å². The van der Waals surface area contributed by atoms with E-state index in [4.69, 9.17) is 4.74 Å². The highest BCUT2D eigenvalue weighted by atomic mass is 16.5. The summed E-state index contributed by atoms with van der Waals surface area (Å²) in [5.74, 6) is -0.173. The molecular formula is C17H25N3O4. The molecule has 0 radical (unpaired) electrons. The fourth-order valence-corrected chi connectivity index (χ4v) is 3.42. The number of hydrogen-bond donors (Lipinski definition) is 1. The van der Waals surface area contributed by atoms with Gasteiger partial charge >= 0.3 is 0 Å². The van der Waals surface area contributed by atoms with Crippen LogP contribution in [0.1, 0.15) is 12.8 Å². The van der Waals surface area contributed by atoms with Crippen LogP contribution < -0.4 is 5.56 Å². The van der Waals surface area contributed by atoms with Gasteiger partial charge in [0.05, 0.1) is 19.8 Å². The van der Waals surface area contributed by atoms with Gasteiger partial charge in [0.1, 0.15) is 12.1 Å². The zero-order valence-corrected chi connectivity index (χ0v) is 13.9. The van der Waals surface area contributed by atoms with Gasteiger partial charge in [-0.05, 0) is 32.0 Å². The first-order chi connectivity index (χ1) is 11.6. The average Bonchev–Trinajstić information content (AvgIpc) is 2.97. The van der Waals surface area contributed by atoms with Gasteiger partial charge in [-0.1, -0.05) is 6.07 Å². The largest absolute Gasteiger partial charge is 0.384 e. The van der Waals surface area contributed by atoms with Gasteiger partial charge in [0, 0.05) is 25.4 Å². The molecule has 1 aromatic rings. The Hall–Kier alpha value is -1.70. The summed E-state index contributed by atoms with van der Waals surface area (Å²) in [5, 5.41) is 10.9. The third kappa shape index (κ3) is 4.23. The van der Waals surface area contributed by atoms with Gasteiger partial charge in [0.2, 0.25) is 5.91 Å². The van der Waals surface area contributed by atoms with Crippen LogP contribution in [-0.2, 0) is 16.1 Å². The topological polar surface area (TPSA) is 75.0 Å². The number of likely N-dealkylation sites (tertiary alicyclic amines) is 1. The van der Waals surface area contributed by atoms with E-state index in [1.807, 2.05) is 0 Å². The number of amides is 1. The van der Waals surface area contributed by atoms with Crippen molar-refractivity contribution in [2.24, 2.45) is 0 Å². The minimum absolute atomic E-state index is 0.0144. The molecule has 0 aromatic carbocycles. The number of carbonyl (C=O) groups excluding carboxylic acids is 1. The van der Waals surface area contributed by atoms with E-state index >= 15 is 0 Å². The Bertz CT molecular complexity index is 626. The van der Waals surface area contributed by atoms with Crippen LogP contribution in [0.5, 0.6) is 0 Å². The molecule has 132 valence electrons. The van der Waals surface area contributed by atoms with Gasteiger partial charge in [-0.25, -0.2) is 0 Å². The van der Waals surface area contributed by atoms with Gasteiger partial charge in [0.25, 0.3) is 5.56 Å². The first-order valence-corrected chi connectivity index (χ1v) is 8.51. The third-order valence-electron chi connectivity index (χ3n) is 4.64. The van der Waals surface area contributed by atoms with E-state index in [1.165, 1.54) is 10.6 Å². The zero-order valence-electron chi connectivity index (χ0n) is 13.9. The second-order valence-corrected chi connectivity index (χ2v) is 6.74. The number of nitrogens with zero attached hydrogens (tertiary/aromatic N) is 3. The molecular weight excluding hydrogens is 310 g/mol. The Labute approximate surface area is 141 Å². The fraction of sp³-hybridized carbons (Fsp3) is 0.647. The van der Waals surface area contributed by atoms with Gasteiger partial charge in [-0.3, -0.25) is 9.59 Å². The Morgan fingerprint density at radius 1 is 1.25 bits per heavy atom. The van der Waals surface area contributed by atoms with Crippen molar-refractivity contribution in [3.63, 3.8) is 0 Å². The summed E-state index contributed by atoms with van der Waals surface area (Å²) in [6.07, 6.45) is 3.90. The number of β-amino-alcohol motifs (C(OH)–C–C–N with tert-alkyl or cyclic N) is 1. The van der Waals surface area contributed by atoms with Crippen LogP contribution in [0.3, 0.4) is 0 Å². The number of ether oxygens (including phenoxy) is 1.